The first kappa shape index (κ1) is 51.9. The lowest BCUT2D eigenvalue weighted by atomic mass is 9.93. The molecule has 5 aromatic carbocycles. The van der Waals surface area contributed by atoms with Gasteiger partial charge in [0, 0.05) is 37.1 Å². The SMILES string of the molecule is COc1cc2c(cc1OCCCCCOc1cc3c(cc1OC)C(=O)N1Cc4ccccc4CC1C(O)N3C(=O)OCc1ccc(NC(=O)[C@H](C)NC(=O)[C@@H](N)C(C)C)cc1)N=C[C@@H]1Cc3ccccc3CN1C2=O. The Morgan fingerprint density at radius 1 is 0.720 bits per heavy atom. The van der Waals surface area contributed by atoms with Crippen molar-refractivity contribution in [3.63, 3.8) is 0 Å². The molecule has 4 aliphatic rings. The molecule has 2 unspecified atom stereocenters. The van der Waals surface area contributed by atoms with Gasteiger partial charge in [0.15, 0.2) is 29.2 Å². The molecule has 5 aromatic rings. The molecular weight excluding hydrogens is 959 g/mol. The van der Waals surface area contributed by atoms with E-state index in [1.807, 2.05) is 61.4 Å². The molecule has 0 bridgehead atoms. The first-order chi connectivity index (χ1) is 36.2. The Kier molecular flexibility index (Phi) is 15.7. The summed E-state index contributed by atoms with van der Waals surface area (Å²) >= 11 is 0. The van der Waals surface area contributed by atoms with Crippen LogP contribution in [0.25, 0.3) is 0 Å². The second-order valence-electron chi connectivity index (χ2n) is 19.5. The maximum atomic E-state index is 14.5. The number of hydrogen-bond acceptors (Lipinski definition) is 13. The lowest BCUT2D eigenvalue weighted by Crippen LogP contribution is -2.55. The Balaban J connectivity index is 0.849. The number of anilines is 2. The zero-order valence-corrected chi connectivity index (χ0v) is 42.7. The van der Waals surface area contributed by atoms with E-state index in [1.165, 1.54) is 24.8 Å². The van der Waals surface area contributed by atoms with Gasteiger partial charge in [-0.25, -0.2) is 9.69 Å². The van der Waals surface area contributed by atoms with E-state index in [0.717, 1.165) is 21.6 Å². The van der Waals surface area contributed by atoms with Crippen molar-refractivity contribution in [2.75, 3.05) is 37.7 Å². The van der Waals surface area contributed by atoms with Gasteiger partial charge in [0.1, 0.15) is 12.6 Å². The highest BCUT2D eigenvalue weighted by Gasteiger charge is 2.45. The summed E-state index contributed by atoms with van der Waals surface area (Å²) in [6.07, 6.45) is 2.37. The molecule has 75 heavy (non-hydrogen) atoms. The van der Waals surface area contributed by atoms with Gasteiger partial charge < -0.3 is 55.0 Å². The molecular formula is C57H63N7O11. The number of aliphatic imine (C=N–C) groups is 1. The molecule has 5 amide bonds. The predicted molar refractivity (Wildman–Crippen MR) is 281 cm³/mol. The highest BCUT2D eigenvalue weighted by Crippen LogP contribution is 2.43. The number of unbranched alkanes of at least 4 members (excludes halogenated alkanes) is 2. The number of hydrogen-bond donors (Lipinski definition) is 4. The maximum absolute atomic E-state index is 14.5. The van der Waals surface area contributed by atoms with Crippen LogP contribution in [0.5, 0.6) is 23.0 Å². The van der Waals surface area contributed by atoms with Crippen molar-refractivity contribution in [3.05, 3.63) is 136 Å². The second kappa shape index (κ2) is 22.7. The number of aliphatic hydroxyl groups is 1. The number of nitrogens with zero attached hydrogens (tertiary/aromatic N) is 4. The van der Waals surface area contributed by atoms with Crippen molar-refractivity contribution in [3.8, 4) is 23.0 Å². The van der Waals surface area contributed by atoms with Crippen molar-refractivity contribution in [1.82, 2.24) is 15.1 Å². The number of nitrogens with two attached hydrogens (primary N) is 1. The van der Waals surface area contributed by atoms with E-state index in [0.29, 0.717) is 72.8 Å². The summed E-state index contributed by atoms with van der Waals surface area (Å²) in [4.78, 5) is 77.3. The van der Waals surface area contributed by atoms with Gasteiger partial charge in [0.05, 0.1) is 68.1 Å². The number of carbonyl (C=O) groups is 5. The zero-order valence-electron chi connectivity index (χ0n) is 42.7. The first-order valence-corrected chi connectivity index (χ1v) is 25.3. The van der Waals surface area contributed by atoms with Gasteiger partial charge in [-0.1, -0.05) is 74.5 Å². The average molecular weight is 1020 g/mol. The molecule has 5 atom stereocenters. The van der Waals surface area contributed by atoms with Crippen LogP contribution in [0.4, 0.5) is 21.9 Å². The number of rotatable bonds is 17. The van der Waals surface area contributed by atoms with E-state index >= 15 is 0 Å². The molecule has 0 saturated carbocycles. The molecule has 0 radical (unpaired) electrons. The fraction of sp³-hybridized carbons (Fsp3) is 0.368. The topological polar surface area (TPSA) is 224 Å². The van der Waals surface area contributed by atoms with Gasteiger partial charge in [-0.05, 0) is 97.0 Å². The molecule has 0 spiro atoms. The maximum Gasteiger partial charge on any atom is 0.416 e. The molecule has 4 aliphatic heterocycles. The predicted octanol–water partition coefficient (Wildman–Crippen LogP) is 7.08. The molecule has 392 valence electrons. The van der Waals surface area contributed by atoms with E-state index < -0.39 is 48.2 Å². The average Bonchev–Trinajstić information content (AvgIpc) is 3.60. The zero-order chi connectivity index (χ0) is 52.9. The lowest BCUT2D eigenvalue weighted by molar-refractivity contribution is -0.127. The van der Waals surface area contributed by atoms with Crippen LogP contribution in [0.3, 0.4) is 0 Å². The van der Waals surface area contributed by atoms with Gasteiger partial charge in [0.25, 0.3) is 11.8 Å². The Morgan fingerprint density at radius 2 is 1.31 bits per heavy atom. The van der Waals surface area contributed by atoms with E-state index in [9.17, 15) is 29.1 Å². The normalized spacial score (nSPS) is 18.1. The van der Waals surface area contributed by atoms with Gasteiger partial charge in [-0.15, -0.1) is 0 Å². The van der Waals surface area contributed by atoms with Crippen LogP contribution in [0, 0.1) is 5.92 Å². The third-order valence-electron chi connectivity index (χ3n) is 14.2. The summed E-state index contributed by atoms with van der Waals surface area (Å²) in [6, 6.07) is 26.4. The smallest absolute Gasteiger partial charge is 0.416 e. The van der Waals surface area contributed by atoms with Gasteiger partial charge in [-0.2, -0.15) is 0 Å². The molecule has 18 nitrogen and oxygen atoms in total. The summed E-state index contributed by atoms with van der Waals surface area (Å²) < 4.78 is 29.8. The molecule has 0 fully saturated rings. The number of aliphatic hydroxyl groups excluding tert-OH is 1. The van der Waals surface area contributed by atoms with Crippen molar-refractivity contribution in [2.45, 2.75) is 103 Å². The number of methoxy groups -OCH3 is 2. The first-order valence-electron chi connectivity index (χ1n) is 25.3. The number of benzene rings is 5. The standard InChI is InChI=1S/C57H63N7O11/c1-33(2)51(58)53(66)60-34(3)52(65)61-40-19-17-35(18-20-40)32-75-57(70)64-45-28-50(48(72-5)26-43(45)55(68)63-31-39-16-10-8-14-37(39)24-46(63)56(64)69)74-22-12-6-11-21-73-49-27-44-42(25-47(49)71-4)54(67)62-30-38-15-9-7-13-36(38)23-41(62)29-59-44/h7-10,13-20,25-29,33-34,41,46,51,56,69H,6,11-12,21-24,30-32,58H2,1-5H3,(H,60,66)(H,61,65)/t34-,41-,46?,51-,56?/m0/s1. The third kappa shape index (κ3) is 11.1. The molecule has 18 heteroatoms. The van der Waals surface area contributed by atoms with Crippen molar-refractivity contribution < 1.29 is 52.8 Å². The largest absolute Gasteiger partial charge is 0.493 e. The summed E-state index contributed by atoms with van der Waals surface area (Å²) in [6.45, 7) is 6.31. The summed E-state index contributed by atoms with van der Waals surface area (Å²) in [5.41, 5.74) is 12.4. The number of nitrogens with one attached hydrogen (secondary N) is 2. The Morgan fingerprint density at radius 3 is 1.95 bits per heavy atom. The molecule has 5 N–H and O–H groups in total. The Bertz CT molecular complexity index is 3000. The van der Waals surface area contributed by atoms with E-state index in [2.05, 4.69) is 22.8 Å². The molecule has 0 aromatic heterocycles. The fourth-order valence-corrected chi connectivity index (χ4v) is 9.80. The Labute approximate surface area is 435 Å². The van der Waals surface area contributed by atoms with Gasteiger partial charge >= 0.3 is 6.09 Å². The highest BCUT2D eigenvalue weighted by molar-refractivity contribution is 6.06. The minimum absolute atomic E-state index is 0.0931. The highest BCUT2D eigenvalue weighted by atomic mass is 16.6. The van der Waals surface area contributed by atoms with E-state index in [1.54, 1.807) is 55.3 Å². The van der Waals surface area contributed by atoms with Gasteiger partial charge in [0.2, 0.25) is 11.8 Å². The second-order valence-corrected chi connectivity index (χ2v) is 19.5. The molecule has 0 aliphatic carbocycles. The van der Waals surface area contributed by atoms with Crippen molar-refractivity contribution >= 4 is 53.0 Å². The fourth-order valence-electron chi connectivity index (χ4n) is 9.80. The van der Waals surface area contributed by atoms with E-state index in [-0.39, 0.29) is 66.8 Å². The van der Waals surface area contributed by atoms with Crippen LogP contribution in [0.15, 0.2) is 102 Å². The lowest BCUT2D eigenvalue weighted by Gasteiger charge is -2.39. The monoisotopic (exact) mass is 1020 g/mol. The molecule has 0 saturated heterocycles. The summed E-state index contributed by atoms with van der Waals surface area (Å²) in [7, 11) is 3.01. The minimum Gasteiger partial charge on any atom is -0.493 e. The van der Waals surface area contributed by atoms with Crippen LogP contribution < -0.4 is 40.2 Å². The molecule has 4 heterocycles. The number of fused-ring (bicyclic) bond motifs is 6. The number of ether oxygens (including phenoxy) is 5. The minimum atomic E-state index is -1.52. The molecule has 9 rings (SSSR count). The van der Waals surface area contributed by atoms with Crippen LogP contribution in [-0.4, -0.2) is 109 Å². The van der Waals surface area contributed by atoms with Gasteiger partial charge in [-0.3, -0.25) is 24.2 Å². The number of carbonyl (C=O) groups excluding carboxylic acids is 5. The van der Waals surface area contributed by atoms with Crippen molar-refractivity contribution in [1.29, 1.82) is 0 Å². The van der Waals surface area contributed by atoms with Crippen LogP contribution in [0.1, 0.15) is 88.6 Å². The third-order valence-corrected chi connectivity index (χ3v) is 14.2. The van der Waals surface area contributed by atoms with E-state index in [4.69, 9.17) is 34.4 Å². The Hall–Kier alpha value is -7.96. The van der Waals surface area contributed by atoms with Crippen molar-refractivity contribution in [2.24, 2.45) is 16.6 Å². The quantitative estimate of drug-likeness (QED) is 0.0686. The van der Waals surface area contributed by atoms with Crippen LogP contribution >= 0.6 is 0 Å². The van der Waals surface area contributed by atoms with Crippen LogP contribution in [0.2, 0.25) is 0 Å². The van der Waals surface area contributed by atoms with Crippen LogP contribution in [-0.2, 0) is 46.9 Å². The number of amides is 5. The summed E-state index contributed by atoms with van der Waals surface area (Å²) in [5, 5.41) is 17.6. The summed E-state index contributed by atoms with van der Waals surface area (Å²) in [5.74, 6) is -0.0272.